The van der Waals surface area contributed by atoms with Crippen LogP contribution < -0.4 is 10.9 Å². The topological polar surface area (TPSA) is 90.0 Å². The number of aromatic nitrogens is 3. The van der Waals surface area contributed by atoms with Crippen LogP contribution in [0.1, 0.15) is 5.76 Å². The van der Waals surface area contributed by atoms with Crippen molar-refractivity contribution < 1.29 is 9.32 Å². The Labute approximate surface area is 158 Å². The molecule has 0 aliphatic heterocycles. The molecule has 0 aliphatic rings. The van der Waals surface area contributed by atoms with Gasteiger partial charge < -0.3 is 9.84 Å². The van der Waals surface area contributed by atoms with Crippen molar-refractivity contribution in [3.63, 3.8) is 0 Å². The number of nitrogens with zero attached hydrogens (tertiary/aromatic N) is 3. The number of amides is 1. The molecule has 0 bridgehead atoms. The minimum atomic E-state index is -0.249. The van der Waals surface area contributed by atoms with Gasteiger partial charge in [-0.05, 0) is 29.8 Å². The highest BCUT2D eigenvalue weighted by Gasteiger charge is 2.13. The van der Waals surface area contributed by atoms with Crippen molar-refractivity contribution in [1.82, 2.24) is 14.7 Å². The molecule has 27 heavy (non-hydrogen) atoms. The molecule has 8 heteroatoms. The summed E-state index contributed by atoms with van der Waals surface area (Å²) in [6.45, 7) is 1.75. The first kappa shape index (κ1) is 17.3. The Kier molecular flexibility index (Phi) is 4.41. The van der Waals surface area contributed by atoms with Gasteiger partial charge in [-0.2, -0.15) is 0 Å². The zero-order valence-electron chi connectivity index (χ0n) is 14.7. The van der Waals surface area contributed by atoms with Crippen LogP contribution in [-0.2, 0) is 11.8 Å². The summed E-state index contributed by atoms with van der Waals surface area (Å²) in [7, 11) is 1.66. The second kappa shape index (κ2) is 6.88. The molecule has 0 fully saturated rings. The van der Waals surface area contributed by atoms with Crippen LogP contribution in [-0.4, -0.2) is 26.4 Å². The fourth-order valence-electron chi connectivity index (χ4n) is 2.80. The van der Waals surface area contributed by atoms with Crippen molar-refractivity contribution in [1.29, 1.82) is 0 Å². The minimum Gasteiger partial charge on any atom is -0.360 e. The van der Waals surface area contributed by atoms with Gasteiger partial charge in [-0.25, -0.2) is 4.98 Å². The van der Waals surface area contributed by atoms with Crippen molar-refractivity contribution in [3.8, 4) is 0 Å². The molecule has 2 heterocycles. The maximum atomic E-state index is 12.7. The summed E-state index contributed by atoms with van der Waals surface area (Å²) in [6.07, 6.45) is 0. The van der Waals surface area contributed by atoms with Gasteiger partial charge >= 0.3 is 0 Å². The van der Waals surface area contributed by atoms with Crippen LogP contribution >= 0.6 is 11.8 Å². The summed E-state index contributed by atoms with van der Waals surface area (Å²) in [6, 6.07) is 13.2. The summed E-state index contributed by atoms with van der Waals surface area (Å²) in [5.41, 5.74) is 0.479. The molecule has 4 aromatic rings. The Morgan fingerprint density at radius 1 is 1.22 bits per heavy atom. The number of carbonyl (C=O) groups is 1. The lowest BCUT2D eigenvalue weighted by atomic mass is 10.1. The number of hydrogen-bond donors (Lipinski definition) is 1. The third kappa shape index (κ3) is 3.43. The monoisotopic (exact) mass is 380 g/mol. The number of anilines is 1. The standard InChI is InChI=1S/C19H16N4O3S/c1-11-7-16(22-26-11)21-17(24)10-27-19-20-15-9-13-6-4-3-5-12(13)8-14(15)18(25)23(19)2/h3-9H,10H2,1-2H3,(H,21,22,24). The van der Waals surface area contributed by atoms with Gasteiger partial charge in [0, 0.05) is 13.1 Å². The Hall–Kier alpha value is -3.13. The lowest BCUT2D eigenvalue weighted by Gasteiger charge is -2.09. The normalized spacial score (nSPS) is 11.2. The first-order chi connectivity index (χ1) is 13.0. The van der Waals surface area contributed by atoms with E-state index in [1.54, 1.807) is 20.0 Å². The molecule has 0 atom stereocenters. The van der Waals surface area contributed by atoms with Crippen molar-refractivity contribution in [2.45, 2.75) is 12.1 Å². The van der Waals surface area contributed by atoms with E-state index in [4.69, 9.17) is 4.52 Å². The molecule has 0 saturated heterocycles. The quantitative estimate of drug-likeness (QED) is 0.332. The summed E-state index contributed by atoms with van der Waals surface area (Å²) in [5, 5.41) is 9.42. The van der Waals surface area contributed by atoms with Crippen LogP contribution in [0.5, 0.6) is 0 Å². The molecule has 4 rings (SSSR count). The van der Waals surface area contributed by atoms with Gasteiger partial charge in [0.15, 0.2) is 11.0 Å². The van der Waals surface area contributed by atoms with Crippen LogP contribution in [0.3, 0.4) is 0 Å². The van der Waals surface area contributed by atoms with Crippen LogP contribution in [0.15, 0.2) is 56.9 Å². The highest BCUT2D eigenvalue weighted by molar-refractivity contribution is 7.99. The second-order valence-corrected chi connectivity index (χ2v) is 7.08. The predicted octanol–water partition coefficient (Wildman–Crippen LogP) is 3.11. The van der Waals surface area contributed by atoms with E-state index in [1.807, 2.05) is 36.4 Å². The van der Waals surface area contributed by atoms with E-state index in [1.165, 1.54) is 16.3 Å². The third-order valence-electron chi connectivity index (χ3n) is 4.13. The predicted molar refractivity (Wildman–Crippen MR) is 105 cm³/mol. The molecule has 2 aromatic heterocycles. The molecular formula is C19H16N4O3S. The Balaban J connectivity index is 1.61. The fraction of sp³-hybridized carbons (Fsp3) is 0.158. The van der Waals surface area contributed by atoms with Gasteiger partial charge in [-0.1, -0.05) is 41.2 Å². The van der Waals surface area contributed by atoms with E-state index in [2.05, 4.69) is 15.5 Å². The van der Waals surface area contributed by atoms with Crippen molar-refractivity contribution in [2.75, 3.05) is 11.1 Å². The van der Waals surface area contributed by atoms with E-state index >= 15 is 0 Å². The van der Waals surface area contributed by atoms with E-state index < -0.39 is 0 Å². The second-order valence-electron chi connectivity index (χ2n) is 6.13. The zero-order valence-corrected chi connectivity index (χ0v) is 15.5. The Morgan fingerprint density at radius 2 is 1.96 bits per heavy atom. The number of aryl methyl sites for hydroxylation is 1. The number of benzene rings is 2. The molecule has 7 nitrogen and oxygen atoms in total. The number of carbonyl (C=O) groups excluding carboxylic acids is 1. The SMILES string of the molecule is Cc1cc(NC(=O)CSc2nc3cc4ccccc4cc3c(=O)n2C)no1. The Morgan fingerprint density at radius 3 is 2.67 bits per heavy atom. The highest BCUT2D eigenvalue weighted by Crippen LogP contribution is 2.22. The Bertz CT molecular complexity index is 1230. The largest absolute Gasteiger partial charge is 0.360 e. The molecule has 1 amide bonds. The van der Waals surface area contributed by atoms with Crippen molar-refractivity contribution in [2.24, 2.45) is 7.05 Å². The number of rotatable bonds is 4. The van der Waals surface area contributed by atoms with Gasteiger partial charge in [-0.3, -0.25) is 14.2 Å². The number of hydrogen-bond acceptors (Lipinski definition) is 6. The van der Waals surface area contributed by atoms with Crippen LogP contribution in [0, 0.1) is 6.92 Å². The van der Waals surface area contributed by atoms with E-state index in [0.29, 0.717) is 27.6 Å². The van der Waals surface area contributed by atoms with Crippen molar-refractivity contribution in [3.05, 3.63) is 58.6 Å². The van der Waals surface area contributed by atoms with Gasteiger partial charge in [0.1, 0.15) is 5.76 Å². The molecule has 2 aromatic carbocycles. The van der Waals surface area contributed by atoms with Crippen LogP contribution in [0.4, 0.5) is 5.82 Å². The first-order valence-corrected chi connectivity index (χ1v) is 9.25. The average molecular weight is 380 g/mol. The highest BCUT2D eigenvalue weighted by atomic mass is 32.2. The smallest absolute Gasteiger partial charge is 0.261 e. The molecule has 136 valence electrons. The minimum absolute atomic E-state index is 0.102. The fourth-order valence-corrected chi connectivity index (χ4v) is 3.57. The number of fused-ring (bicyclic) bond motifs is 2. The molecule has 0 saturated carbocycles. The first-order valence-electron chi connectivity index (χ1n) is 8.27. The molecule has 0 aliphatic carbocycles. The van der Waals surface area contributed by atoms with Crippen LogP contribution in [0.2, 0.25) is 0 Å². The van der Waals surface area contributed by atoms with Gasteiger partial charge in [0.25, 0.3) is 5.56 Å². The van der Waals surface area contributed by atoms with Gasteiger partial charge in [0.2, 0.25) is 5.91 Å². The van der Waals surface area contributed by atoms with E-state index in [-0.39, 0.29) is 17.2 Å². The lowest BCUT2D eigenvalue weighted by molar-refractivity contribution is -0.113. The summed E-state index contributed by atoms with van der Waals surface area (Å²) < 4.78 is 6.38. The molecule has 0 unspecified atom stereocenters. The zero-order chi connectivity index (χ0) is 19.0. The number of nitrogens with one attached hydrogen (secondary N) is 1. The lowest BCUT2D eigenvalue weighted by Crippen LogP contribution is -2.21. The molecule has 1 N–H and O–H groups in total. The van der Waals surface area contributed by atoms with Gasteiger partial charge in [-0.15, -0.1) is 0 Å². The third-order valence-corrected chi connectivity index (χ3v) is 5.16. The van der Waals surface area contributed by atoms with Gasteiger partial charge in [0.05, 0.1) is 16.7 Å². The summed E-state index contributed by atoms with van der Waals surface area (Å²) in [5.74, 6) is 0.834. The summed E-state index contributed by atoms with van der Waals surface area (Å²) in [4.78, 5) is 29.4. The average Bonchev–Trinajstić information content (AvgIpc) is 3.07. The molecular weight excluding hydrogens is 364 g/mol. The summed E-state index contributed by atoms with van der Waals surface area (Å²) >= 11 is 1.20. The maximum Gasteiger partial charge on any atom is 0.261 e. The van der Waals surface area contributed by atoms with Crippen molar-refractivity contribution >= 4 is 45.2 Å². The number of thioether (sulfide) groups is 1. The molecule has 0 radical (unpaired) electrons. The maximum absolute atomic E-state index is 12.7. The van der Waals surface area contributed by atoms with Crippen LogP contribution in [0.25, 0.3) is 21.7 Å². The van der Waals surface area contributed by atoms with E-state index in [0.717, 1.165) is 10.8 Å². The molecule has 0 spiro atoms. The van der Waals surface area contributed by atoms with E-state index in [9.17, 15) is 9.59 Å².